The van der Waals surface area contributed by atoms with Crippen LogP contribution in [0.3, 0.4) is 0 Å². The largest absolute Gasteiger partial charge is 0.460 e. The molecule has 0 aliphatic heterocycles. The third-order valence-corrected chi connectivity index (χ3v) is 5.69. The zero-order chi connectivity index (χ0) is 28.3. The molecule has 3 aromatic carbocycles. The molecule has 40 heavy (non-hydrogen) atoms. The number of amides is 2. The highest BCUT2D eigenvalue weighted by Crippen LogP contribution is 2.31. The molecule has 0 fully saturated rings. The van der Waals surface area contributed by atoms with E-state index in [9.17, 15) is 31.9 Å². The van der Waals surface area contributed by atoms with Crippen molar-refractivity contribution < 1.29 is 36.7 Å². The number of hydrogen-bond donors (Lipinski definition) is 3. The van der Waals surface area contributed by atoms with E-state index in [0.717, 1.165) is 36.4 Å². The minimum Gasteiger partial charge on any atom is -0.460 e. The van der Waals surface area contributed by atoms with Gasteiger partial charge in [0.05, 0.1) is 16.8 Å². The number of aromatic nitrogens is 1. The number of nitrogens with one attached hydrogen (secondary N) is 2. The van der Waals surface area contributed by atoms with Gasteiger partial charge in [0.2, 0.25) is 0 Å². The molecule has 0 bridgehead atoms. The number of nitrogens with zero attached hydrogens (tertiary/aromatic N) is 1. The number of alkyl halides is 3. The van der Waals surface area contributed by atoms with E-state index in [1.165, 1.54) is 29.8 Å². The van der Waals surface area contributed by atoms with Crippen molar-refractivity contribution in [2.24, 2.45) is 5.73 Å². The summed E-state index contributed by atoms with van der Waals surface area (Å²) in [6, 6.07) is 12.2. The second-order valence-corrected chi connectivity index (χ2v) is 8.59. The van der Waals surface area contributed by atoms with Gasteiger partial charge in [-0.2, -0.15) is 13.2 Å². The Morgan fingerprint density at radius 1 is 1.00 bits per heavy atom. The van der Waals surface area contributed by atoms with Gasteiger partial charge < -0.3 is 21.1 Å². The summed E-state index contributed by atoms with van der Waals surface area (Å²) in [5.41, 5.74) is 5.66. The second-order valence-electron chi connectivity index (χ2n) is 8.59. The maximum absolute atomic E-state index is 14.1. The van der Waals surface area contributed by atoms with Crippen LogP contribution in [0.4, 0.5) is 33.7 Å². The lowest BCUT2D eigenvalue weighted by atomic mass is 10.1. The van der Waals surface area contributed by atoms with Crippen LogP contribution >= 0.6 is 12.4 Å². The summed E-state index contributed by atoms with van der Waals surface area (Å²) in [4.78, 5) is 37.9. The summed E-state index contributed by atoms with van der Waals surface area (Å²) >= 11 is 0. The molecular formula is C27H23ClF4N4O4. The van der Waals surface area contributed by atoms with Crippen LogP contribution in [0.1, 0.15) is 28.4 Å². The summed E-state index contributed by atoms with van der Waals surface area (Å²) in [6.07, 6.45) is -3.23. The van der Waals surface area contributed by atoms with E-state index >= 15 is 0 Å². The molecule has 1 heterocycles. The molecule has 0 unspecified atom stereocenters. The van der Waals surface area contributed by atoms with Crippen molar-refractivity contribution in [3.05, 3.63) is 95.4 Å². The number of urea groups is 1. The molecule has 1 atom stereocenters. The summed E-state index contributed by atoms with van der Waals surface area (Å²) in [7, 11) is 0. The number of esters is 1. The molecule has 1 aromatic heterocycles. The lowest BCUT2D eigenvalue weighted by molar-refractivity contribution is -0.146. The first-order chi connectivity index (χ1) is 18.4. The highest BCUT2D eigenvalue weighted by Gasteiger charge is 2.30. The van der Waals surface area contributed by atoms with E-state index in [0.29, 0.717) is 5.56 Å². The number of benzene rings is 3. The Morgan fingerprint density at radius 2 is 1.68 bits per heavy atom. The van der Waals surface area contributed by atoms with Crippen molar-refractivity contribution in [1.82, 2.24) is 4.57 Å². The third kappa shape index (κ3) is 6.77. The predicted octanol–water partition coefficient (Wildman–Crippen LogP) is 5.94. The fourth-order valence-corrected chi connectivity index (χ4v) is 3.76. The average Bonchev–Trinajstić information content (AvgIpc) is 3.23. The lowest BCUT2D eigenvalue weighted by Crippen LogP contribution is -2.28. The topological polar surface area (TPSA) is 115 Å². The summed E-state index contributed by atoms with van der Waals surface area (Å²) in [5, 5.41) is 5.10. The van der Waals surface area contributed by atoms with Gasteiger partial charge in [-0.1, -0.05) is 18.2 Å². The van der Waals surface area contributed by atoms with Gasteiger partial charge in [-0.05, 0) is 55.5 Å². The smallest absolute Gasteiger partial charge is 0.416 e. The minimum atomic E-state index is -4.53. The van der Waals surface area contributed by atoms with Gasteiger partial charge >= 0.3 is 18.2 Å². The Bertz CT molecular complexity index is 1550. The highest BCUT2D eigenvalue weighted by molar-refractivity contribution is 6.10. The van der Waals surface area contributed by atoms with Crippen LogP contribution in [0.15, 0.2) is 72.9 Å². The summed E-state index contributed by atoms with van der Waals surface area (Å²) in [6.45, 7) is 1.25. The van der Waals surface area contributed by atoms with E-state index in [1.807, 2.05) is 0 Å². The Hall–Kier alpha value is -4.42. The van der Waals surface area contributed by atoms with Crippen LogP contribution in [0.2, 0.25) is 0 Å². The molecule has 0 radical (unpaired) electrons. The van der Waals surface area contributed by atoms with E-state index in [1.54, 1.807) is 18.2 Å². The first kappa shape index (κ1) is 30.1. The van der Waals surface area contributed by atoms with Crippen LogP contribution in [-0.2, 0) is 22.3 Å². The maximum Gasteiger partial charge on any atom is 0.416 e. The molecule has 0 saturated carbocycles. The average molecular weight is 579 g/mol. The number of hydrogen-bond acceptors (Lipinski definition) is 5. The van der Waals surface area contributed by atoms with Crippen LogP contribution in [0.5, 0.6) is 0 Å². The van der Waals surface area contributed by atoms with Crippen molar-refractivity contribution in [3.63, 3.8) is 0 Å². The number of ether oxygens (including phenoxy) is 1. The van der Waals surface area contributed by atoms with Crippen molar-refractivity contribution in [2.45, 2.75) is 25.7 Å². The van der Waals surface area contributed by atoms with Gasteiger partial charge in [0.25, 0.3) is 5.91 Å². The standard InChI is InChI=1S/C27H22F4N4O4.ClH/c1-15(32)25(37)39-14-16-4-2-3-5-20(16)24(36)35-13-22(21-12-18(28)8-11-23(21)35)34-26(38)33-19-9-6-17(7-10-19)27(29,30)31;/h2-13,15H,14,32H2,1H3,(H2,33,34,38);1H/t15-;/m0./s1. The second kappa shape index (κ2) is 12.2. The quantitative estimate of drug-likeness (QED) is 0.193. The van der Waals surface area contributed by atoms with Gasteiger partial charge in [0.1, 0.15) is 18.5 Å². The van der Waals surface area contributed by atoms with Crippen molar-refractivity contribution in [2.75, 3.05) is 10.6 Å². The molecule has 4 aromatic rings. The number of rotatable bonds is 6. The molecule has 4 rings (SSSR count). The zero-order valence-electron chi connectivity index (χ0n) is 20.8. The number of halogens is 5. The van der Waals surface area contributed by atoms with Crippen LogP contribution in [0, 0.1) is 5.82 Å². The number of carbonyl (C=O) groups is 3. The molecule has 0 spiro atoms. The molecule has 13 heteroatoms. The fraction of sp³-hybridized carbons (Fsp3) is 0.148. The van der Waals surface area contributed by atoms with Crippen LogP contribution in [-0.4, -0.2) is 28.5 Å². The normalized spacial score (nSPS) is 11.8. The van der Waals surface area contributed by atoms with Crippen molar-refractivity contribution in [3.8, 4) is 0 Å². The molecule has 0 saturated heterocycles. The van der Waals surface area contributed by atoms with Crippen LogP contribution in [0.25, 0.3) is 10.9 Å². The SMILES string of the molecule is C[C@H](N)C(=O)OCc1ccccc1C(=O)n1cc(NC(=O)Nc2ccc(C(F)(F)F)cc2)c2cc(F)ccc21.Cl. The Morgan fingerprint density at radius 3 is 2.33 bits per heavy atom. The molecule has 210 valence electrons. The first-order valence-corrected chi connectivity index (χ1v) is 11.5. The van der Waals surface area contributed by atoms with Gasteiger partial charge in [-0.15, -0.1) is 12.4 Å². The van der Waals surface area contributed by atoms with Gasteiger partial charge in [0, 0.05) is 28.4 Å². The van der Waals surface area contributed by atoms with Crippen LogP contribution < -0.4 is 16.4 Å². The van der Waals surface area contributed by atoms with Gasteiger partial charge in [0.15, 0.2) is 0 Å². The summed E-state index contributed by atoms with van der Waals surface area (Å²) in [5.74, 6) is -1.82. The molecule has 4 N–H and O–H groups in total. The number of anilines is 2. The zero-order valence-corrected chi connectivity index (χ0v) is 21.6. The van der Waals surface area contributed by atoms with E-state index < -0.39 is 41.5 Å². The minimum absolute atomic E-state index is 0. The molecule has 0 aliphatic rings. The Balaban J connectivity index is 0.00000441. The Labute approximate surface area is 231 Å². The Kier molecular flexibility index (Phi) is 9.17. The molecular weight excluding hydrogens is 556 g/mol. The van der Waals surface area contributed by atoms with Gasteiger partial charge in [-0.25, -0.2) is 9.18 Å². The molecule has 2 amide bonds. The molecule has 8 nitrogen and oxygen atoms in total. The fourth-order valence-electron chi connectivity index (χ4n) is 3.76. The lowest BCUT2D eigenvalue weighted by Gasteiger charge is -2.12. The summed E-state index contributed by atoms with van der Waals surface area (Å²) < 4.78 is 58.8. The highest BCUT2D eigenvalue weighted by atomic mass is 35.5. The molecule has 0 aliphatic carbocycles. The van der Waals surface area contributed by atoms with Gasteiger partial charge in [-0.3, -0.25) is 14.2 Å². The first-order valence-electron chi connectivity index (χ1n) is 11.5. The third-order valence-electron chi connectivity index (χ3n) is 5.69. The maximum atomic E-state index is 14.1. The predicted molar refractivity (Wildman–Crippen MR) is 143 cm³/mol. The van der Waals surface area contributed by atoms with E-state index in [4.69, 9.17) is 10.5 Å². The number of nitrogens with two attached hydrogens (primary N) is 1. The van der Waals surface area contributed by atoms with E-state index in [2.05, 4.69) is 10.6 Å². The van der Waals surface area contributed by atoms with Crippen molar-refractivity contribution in [1.29, 1.82) is 0 Å². The monoisotopic (exact) mass is 578 g/mol. The van der Waals surface area contributed by atoms with E-state index in [-0.39, 0.29) is 46.9 Å². The number of fused-ring (bicyclic) bond motifs is 1. The number of carbonyl (C=O) groups excluding carboxylic acids is 3. The van der Waals surface area contributed by atoms with Crippen molar-refractivity contribution >= 4 is 52.6 Å².